The summed E-state index contributed by atoms with van der Waals surface area (Å²) in [6.45, 7) is 4.00. The van der Waals surface area contributed by atoms with Crippen LogP contribution in [0.4, 0.5) is 11.4 Å². The Kier molecular flexibility index (Phi) is 7.61. The molecule has 0 spiro atoms. The number of nitrogen functional groups attached to an aromatic ring is 1. The molecule has 94 valence electrons. The van der Waals surface area contributed by atoms with Gasteiger partial charge in [-0.1, -0.05) is 45.6 Å². The van der Waals surface area contributed by atoms with Gasteiger partial charge in [-0.25, -0.2) is 0 Å². The van der Waals surface area contributed by atoms with E-state index in [9.17, 15) is 0 Å². The van der Waals surface area contributed by atoms with E-state index in [-0.39, 0.29) is 7.43 Å². The van der Waals surface area contributed by atoms with Crippen molar-refractivity contribution < 1.29 is 0 Å². The monoisotopic (exact) mass is 232 g/mol. The minimum absolute atomic E-state index is 0. The van der Waals surface area contributed by atoms with Crippen LogP contribution in [0.25, 0.3) is 0 Å². The first kappa shape index (κ1) is 15.3. The van der Waals surface area contributed by atoms with Crippen LogP contribution in [0.1, 0.15) is 34.1 Å². The van der Waals surface area contributed by atoms with E-state index in [1.54, 1.807) is 0 Å². The Labute approximate surface area is 105 Å². The van der Waals surface area contributed by atoms with Crippen LogP contribution in [0.2, 0.25) is 0 Å². The van der Waals surface area contributed by atoms with Crippen molar-refractivity contribution in [3.8, 4) is 0 Å². The summed E-state index contributed by atoms with van der Waals surface area (Å²) in [7, 11) is 0. The fourth-order valence-corrected chi connectivity index (χ4v) is 1.49. The van der Waals surface area contributed by atoms with E-state index in [0.29, 0.717) is 0 Å². The molecule has 1 aromatic rings. The predicted octanol–water partition coefficient (Wildman–Crippen LogP) is 4.58. The Balaban J connectivity index is 0.000000811. The van der Waals surface area contributed by atoms with Crippen molar-refractivity contribution in [3.05, 3.63) is 48.2 Å². The summed E-state index contributed by atoms with van der Waals surface area (Å²) in [4.78, 5) is 0. The highest BCUT2D eigenvalue weighted by atomic mass is 14.9. The molecule has 0 saturated carbocycles. The van der Waals surface area contributed by atoms with Gasteiger partial charge in [0.15, 0.2) is 0 Å². The second-order valence-corrected chi connectivity index (χ2v) is 3.37. The average molecular weight is 232 g/mol. The maximum atomic E-state index is 5.83. The summed E-state index contributed by atoms with van der Waals surface area (Å²) in [6.07, 6.45) is 8.50. The van der Waals surface area contributed by atoms with E-state index in [4.69, 9.17) is 5.73 Å². The number of rotatable bonds is 2. The molecule has 2 heteroatoms. The lowest BCUT2D eigenvalue weighted by Gasteiger charge is -2.13. The van der Waals surface area contributed by atoms with Crippen molar-refractivity contribution in [3.63, 3.8) is 0 Å². The van der Waals surface area contributed by atoms with Gasteiger partial charge in [0.2, 0.25) is 0 Å². The number of hydrogen-bond donors (Lipinski definition) is 2. The molecule has 2 nitrogen and oxygen atoms in total. The highest BCUT2D eigenvalue weighted by molar-refractivity contribution is 5.67. The molecule has 0 amide bonds. The number of anilines is 2. The molecule has 0 unspecified atom stereocenters. The van der Waals surface area contributed by atoms with Gasteiger partial charge in [0.05, 0.1) is 11.4 Å². The molecular weight excluding hydrogens is 208 g/mol. The minimum Gasteiger partial charge on any atom is -0.397 e. The Hall–Kier alpha value is -1.70. The predicted molar refractivity (Wildman–Crippen MR) is 79.0 cm³/mol. The topological polar surface area (TPSA) is 38.0 Å². The molecule has 0 saturated heterocycles. The van der Waals surface area contributed by atoms with Crippen molar-refractivity contribution in [2.24, 2.45) is 0 Å². The van der Waals surface area contributed by atoms with E-state index in [2.05, 4.69) is 23.5 Å². The number of nitrogens with one attached hydrogen (secondary N) is 1. The van der Waals surface area contributed by atoms with Crippen LogP contribution >= 0.6 is 0 Å². The van der Waals surface area contributed by atoms with Gasteiger partial charge in [-0.3, -0.25) is 0 Å². The summed E-state index contributed by atoms with van der Waals surface area (Å²) in [5.74, 6) is 0. The zero-order valence-corrected chi connectivity index (χ0v) is 10.0. The van der Waals surface area contributed by atoms with Crippen LogP contribution in [0, 0.1) is 0 Å². The van der Waals surface area contributed by atoms with Crippen molar-refractivity contribution in [2.75, 3.05) is 11.1 Å². The third-order valence-electron chi connectivity index (χ3n) is 2.27. The summed E-state index contributed by atoms with van der Waals surface area (Å²) in [5, 5.41) is 3.33. The summed E-state index contributed by atoms with van der Waals surface area (Å²) in [6, 6.07) is 7.82. The first-order valence-electron chi connectivity index (χ1n) is 5.83. The molecular formula is C15H24N2. The fourth-order valence-electron chi connectivity index (χ4n) is 1.49. The first-order valence-corrected chi connectivity index (χ1v) is 5.83. The lowest BCUT2D eigenvalue weighted by molar-refractivity contribution is 0.967. The second-order valence-electron chi connectivity index (χ2n) is 3.37. The van der Waals surface area contributed by atoms with Crippen LogP contribution in [0.5, 0.6) is 0 Å². The van der Waals surface area contributed by atoms with Gasteiger partial charge in [0.25, 0.3) is 0 Å². The molecule has 0 atom stereocenters. The third-order valence-corrected chi connectivity index (χ3v) is 2.27. The van der Waals surface area contributed by atoms with Crippen LogP contribution in [-0.4, -0.2) is 0 Å². The smallest absolute Gasteiger partial charge is 0.0615 e. The zero-order chi connectivity index (χ0) is 11.8. The maximum absolute atomic E-state index is 5.83. The van der Waals surface area contributed by atoms with Gasteiger partial charge in [0.1, 0.15) is 0 Å². The van der Waals surface area contributed by atoms with Crippen molar-refractivity contribution in [2.45, 2.75) is 34.1 Å². The van der Waals surface area contributed by atoms with Crippen LogP contribution in [0.3, 0.4) is 0 Å². The Morgan fingerprint density at radius 1 is 1.18 bits per heavy atom. The van der Waals surface area contributed by atoms with Crippen molar-refractivity contribution >= 4 is 11.4 Å². The van der Waals surface area contributed by atoms with Crippen LogP contribution < -0.4 is 11.1 Å². The Morgan fingerprint density at radius 3 is 2.47 bits per heavy atom. The lowest BCUT2D eigenvalue weighted by Crippen LogP contribution is -2.03. The van der Waals surface area contributed by atoms with Gasteiger partial charge in [-0.2, -0.15) is 0 Å². The van der Waals surface area contributed by atoms with E-state index < -0.39 is 0 Å². The molecule has 0 bridgehead atoms. The van der Waals surface area contributed by atoms with Gasteiger partial charge >= 0.3 is 0 Å². The molecule has 0 aliphatic heterocycles. The Morgan fingerprint density at radius 2 is 1.88 bits per heavy atom. The highest BCUT2D eigenvalue weighted by Crippen LogP contribution is 2.21. The largest absolute Gasteiger partial charge is 0.397 e. The highest BCUT2D eigenvalue weighted by Gasteiger charge is 2.01. The molecule has 1 aromatic carbocycles. The number of benzene rings is 1. The first-order chi connectivity index (χ1) is 7.86. The standard InChI is InChI=1S/C12H14N2.C2H6.CH4/c13-11-8-4-5-9-12(11)14-10-6-2-1-3-7-10;1-2;/h1-2,4-6,8-9,14H,3,7,13H2;1-2H3;1H4. The van der Waals surface area contributed by atoms with Gasteiger partial charge < -0.3 is 11.1 Å². The van der Waals surface area contributed by atoms with Crippen molar-refractivity contribution in [1.82, 2.24) is 0 Å². The van der Waals surface area contributed by atoms with E-state index in [1.807, 2.05) is 38.1 Å². The summed E-state index contributed by atoms with van der Waals surface area (Å²) < 4.78 is 0. The quantitative estimate of drug-likeness (QED) is 0.733. The minimum atomic E-state index is 0. The maximum Gasteiger partial charge on any atom is 0.0615 e. The van der Waals surface area contributed by atoms with Crippen molar-refractivity contribution in [1.29, 1.82) is 0 Å². The number of nitrogens with two attached hydrogens (primary N) is 1. The van der Waals surface area contributed by atoms with Crippen LogP contribution in [-0.2, 0) is 0 Å². The number of allylic oxidation sites excluding steroid dienone is 4. The van der Waals surface area contributed by atoms with Gasteiger partial charge in [-0.05, 0) is 31.1 Å². The number of hydrogen-bond acceptors (Lipinski definition) is 2. The van der Waals surface area contributed by atoms with E-state index in [1.165, 1.54) is 5.70 Å². The normalized spacial score (nSPS) is 12.7. The zero-order valence-electron chi connectivity index (χ0n) is 10.0. The number of para-hydroxylation sites is 2. The fraction of sp³-hybridized carbons (Fsp3) is 0.333. The molecule has 0 fully saturated rings. The second kappa shape index (κ2) is 8.45. The molecule has 0 radical (unpaired) electrons. The third kappa shape index (κ3) is 4.77. The van der Waals surface area contributed by atoms with E-state index in [0.717, 1.165) is 24.2 Å². The Bertz CT molecular complexity index is 378. The molecule has 17 heavy (non-hydrogen) atoms. The van der Waals surface area contributed by atoms with Gasteiger partial charge in [0, 0.05) is 5.70 Å². The van der Waals surface area contributed by atoms with Crippen LogP contribution in [0.15, 0.2) is 48.2 Å². The summed E-state index contributed by atoms with van der Waals surface area (Å²) in [5.41, 5.74) is 8.85. The molecule has 1 aliphatic rings. The molecule has 0 heterocycles. The average Bonchev–Trinajstić information content (AvgIpc) is 2.36. The summed E-state index contributed by atoms with van der Waals surface area (Å²) >= 11 is 0. The SMILES string of the molecule is C.CC.Nc1ccccc1NC1=CC=CCC1. The lowest BCUT2D eigenvalue weighted by atomic mass is 10.1. The van der Waals surface area contributed by atoms with E-state index >= 15 is 0 Å². The molecule has 3 N–H and O–H groups in total. The molecule has 2 rings (SSSR count). The molecule has 0 aromatic heterocycles. The van der Waals surface area contributed by atoms with Gasteiger partial charge in [-0.15, -0.1) is 0 Å². The molecule has 1 aliphatic carbocycles.